The van der Waals surface area contributed by atoms with Gasteiger partial charge in [-0.25, -0.2) is 0 Å². The van der Waals surface area contributed by atoms with Crippen LogP contribution in [0, 0.1) is 6.92 Å². The summed E-state index contributed by atoms with van der Waals surface area (Å²) in [5.41, 5.74) is 1.70. The molecule has 0 aliphatic heterocycles. The number of hydrogen-bond acceptors (Lipinski definition) is 3. The number of ether oxygens (including phenoxy) is 1. The van der Waals surface area contributed by atoms with Crippen LogP contribution in [0.5, 0.6) is 5.75 Å². The van der Waals surface area contributed by atoms with Crippen LogP contribution >= 0.6 is 11.3 Å². The van der Waals surface area contributed by atoms with Crippen molar-refractivity contribution in [1.29, 1.82) is 0 Å². The molecular weight excluding hydrogens is 270 g/mol. The Morgan fingerprint density at radius 3 is 2.70 bits per heavy atom. The Labute approximate surface area is 121 Å². The lowest BCUT2D eigenvalue weighted by Gasteiger charge is -2.04. The maximum Gasteiger partial charge on any atom is 0.205 e. The van der Waals surface area contributed by atoms with Gasteiger partial charge in [-0.05, 0) is 31.2 Å². The number of methoxy groups -OCH3 is 1. The Hall–Kier alpha value is -2.07. The number of hydrogen-bond donors (Lipinski definition) is 0. The first kappa shape index (κ1) is 12.9. The SMILES string of the molecule is COc1cccc2c1c(C(=O)c1ccc(C)s1)cn2C. The quantitative estimate of drug-likeness (QED) is 0.686. The van der Waals surface area contributed by atoms with E-state index in [0.717, 1.165) is 26.4 Å². The maximum absolute atomic E-state index is 12.7. The zero-order valence-corrected chi connectivity index (χ0v) is 12.5. The molecule has 0 spiro atoms. The predicted octanol–water partition coefficient (Wildman–Crippen LogP) is 3.79. The van der Waals surface area contributed by atoms with Gasteiger partial charge in [0.25, 0.3) is 0 Å². The van der Waals surface area contributed by atoms with Crippen LogP contribution in [0.4, 0.5) is 0 Å². The number of carbonyl (C=O) groups is 1. The van der Waals surface area contributed by atoms with Crippen LogP contribution in [0.15, 0.2) is 36.5 Å². The van der Waals surface area contributed by atoms with E-state index in [1.165, 1.54) is 11.3 Å². The molecule has 0 aliphatic rings. The van der Waals surface area contributed by atoms with Crippen LogP contribution in [0.25, 0.3) is 10.9 Å². The van der Waals surface area contributed by atoms with Gasteiger partial charge in [-0.15, -0.1) is 11.3 Å². The Balaban J connectivity index is 2.23. The molecule has 2 aromatic heterocycles. The highest BCUT2D eigenvalue weighted by atomic mass is 32.1. The van der Waals surface area contributed by atoms with Crippen molar-refractivity contribution >= 4 is 28.0 Å². The molecule has 2 heterocycles. The molecule has 0 radical (unpaired) electrons. The summed E-state index contributed by atoms with van der Waals surface area (Å²) in [6, 6.07) is 9.68. The van der Waals surface area contributed by atoms with Crippen molar-refractivity contribution < 1.29 is 9.53 Å². The van der Waals surface area contributed by atoms with E-state index in [1.807, 2.05) is 55.1 Å². The predicted molar refractivity (Wildman–Crippen MR) is 82.0 cm³/mol. The molecule has 3 aromatic rings. The summed E-state index contributed by atoms with van der Waals surface area (Å²) in [5, 5.41) is 0.883. The monoisotopic (exact) mass is 285 g/mol. The normalized spacial score (nSPS) is 10.9. The van der Waals surface area contributed by atoms with Crippen molar-refractivity contribution in [2.45, 2.75) is 6.92 Å². The standard InChI is InChI=1S/C16H15NO2S/c1-10-7-8-14(20-10)16(18)11-9-17(2)12-5-4-6-13(19-3)15(11)12/h4-9H,1-3H3. The molecule has 3 nitrogen and oxygen atoms in total. The molecule has 3 rings (SSSR count). The van der Waals surface area contributed by atoms with E-state index in [2.05, 4.69) is 0 Å². The smallest absolute Gasteiger partial charge is 0.205 e. The number of carbonyl (C=O) groups excluding carboxylic acids is 1. The highest BCUT2D eigenvalue weighted by Gasteiger charge is 2.19. The molecule has 1 aromatic carbocycles. The number of benzene rings is 1. The first-order valence-corrected chi connectivity index (χ1v) is 7.16. The average Bonchev–Trinajstić information content (AvgIpc) is 3.02. The minimum absolute atomic E-state index is 0.0539. The Morgan fingerprint density at radius 2 is 2.05 bits per heavy atom. The largest absolute Gasteiger partial charge is 0.496 e. The van der Waals surface area contributed by atoms with Gasteiger partial charge in [-0.1, -0.05) is 6.07 Å². The summed E-state index contributed by atoms with van der Waals surface area (Å²) in [5.74, 6) is 0.790. The summed E-state index contributed by atoms with van der Waals surface area (Å²) >= 11 is 1.52. The van der Waals surface area contributed by atoms with E-state index in [4.69, 9.17) is 4.74 Å². The van der Waals surface area contributed by atoms with Gasteiger partial charge in [0.05, 0.1) is 28.5 Å². The van der Waals surface area contributed by atoms with Crippen molar-refractivity contribution in [1.82, 2.24) is 4.57 Å². The van der Waals surface area contributed by atoms with Crippen LogP contribution < -0.4 is 4.74 Å². The third kappa shape index (κ3) is 1.93. The van der Waals surface area contributed by atoms with E-state index < -0.39 is 0 Å². The fraction of sp³-hybridized carbons (Fsp3) is 0.188. The minimum Gasteiger partial charge on any atom is -0.496 e. The molecule has 0 saturated carbocycles. The Bertz CT molecular complexity index is 798. The Morgan fingerprint density at radius 1 is 1.25 bits per heavy atom. The number of fused-ring (bicyclic) bond motifs is 1. The molecule has 0 N–H and O–H groups in total. The zero-order chi connectivity index (χ0) is 14.3. The summed E-state index contributed by atoms with van der Waals surface area (Å²) in [7, 11) is 3.57. The highest BCUT2D eigenvalue weighted by Crippen LogP contribution is 2.32. The van der Waals surface area contributed by atoms with Gasteiger partial charge in [-0.3, -0.25) is 4.79 Å². The topological polar surface area (TPSA) is 31.2 Å². The summed E-state index contributed by atoms with van der Waals surface area (Å²) < 4.78 is 7.37. The Kier molecular flexibility index (Phi) is 3.10. The lowest BCUT2D eigenvalue weighted by Crippen LogP contribution is -1.98. The lowest BCUT2D eigenvalue weighted by molar-refractivity contribution is 0.104. The molecular formula is C16H15NO2S. The van der Waals surface area contributed by atoms with Crippen molar-refractivity contribution in [3.63, 3.8) is 0 Å². The van der Waals surface area contributed by atoms with Crippen molar-refractivity contribution in [3.05, 3.63) is 51.8 Å². The second-order valence-corrected chi connectivity index (χ2v) is 6.04. The van der Waals surface area contributed by atoms with E-state index in [-0.39, 0.29) is 5.78 Å². The number of nitrogens with zero attached hydrogens (tertiary/aromatic N) is 1. The minimum atomic E-state index is 0.0539. The molecule has 0 unspecified atom stereocenters. The number of aryl methyl sites for hydroxylation is 2. The summed E-state index contributed by atoms with van der Waals surface area (Å²) in [6.07, 6.45) is 1.88. The van der Waals surface area contributed by atoms with Crippen molar-refractivity contribution in [2.24, 2.45) is 7.05 Å². The molecule has 0 saturated heterocycles. The third-order valence-electron chi connectivity index (χ3n) is 3.40. The van der Waals surface area contributed by atoms with E-state index in [0.29, 0.717) is 5.56 Å². The number of ketones is 1. The van der Waals surface area contributed by atoms with Gasteiger partial charge in [0.2, 0.25) is 5.78 Å². The molecule has 20 heavy (non-hydrogen) atoms. The maximum atomic E-state index is 12.7. The fourth-order valence-corrected chi connectivity index (χ4v) is 3.27. The van der Waals surface area contributed by atoms with E-state index in [1.54, 1.807) is 7.11 Å². The van der Waals surface area contributed by atoms with Gasteiger partial charge >= 0.3 is 0 Å². The van der Waals surface area contributed by atoms with Crippen LogP contribution in [0.1, 0.15) is 20.1 Å². The fourth-order valence-electron chi connectivity index (χ4n) is 2.44. The van der Waals surface area contributed by atoms with Gasteiger partial charge < -0.3 is 9.30 Å². The van der Waals surface area contributed by atoms with E-state index >= 15 is 0 Å². The molecule has 0 aliphatic carbocycles. The van der Waals surface area contributed by atoms with Gasteiger partial charge in [0, 0.05) is 18.1 Å². The molecule has 0 fully saturated rings. The number of thiophene rings is 1. The number of rotatable bonds is 3. The second kappa shape index (κ2) is 4.80. The van der Waals surface area contributed by atoms with Crippen molar-refractivity contribution in [3.8, 4) is 5.75 Å². The van der Waals surface area contributed by atoms with Crippen LogP contribution in [0.3, 0.4) is 0 Å². The molecule has 0 amide bonds. The van der Waals surface area contributed by atoms with Gasteiger partial charge in [-0.2, -0.15) is 0 Å². The molecule has 0 atom stereocenters. The van der Waals surface area contributed by atoms with Gasteiger partial charge in [0.15, 0.2) is 0 Å². The van der Waals surface area contributed by atoms with E-state index in [9.17, 15) is 4.79 Å². The molecule has 4 heteroatoms. The van der Waals surface area contributed by atoms with Crippen LogP contribution in [-0.2, 0) is 7.05 Å². The van der Waals surface area contributed by atoms with Crippen LogP contribution in [-0.4, -0.2) is 17.5 Å². The summed E-state index contributed by atoms with van der Waals surface area (Å²) in [6.45, 7) is 2.01. The average molecular weight is 285 g/mol. The lowest BCUT2D eigenvalue weighted by atomic mass is 10.1. The first-order valence-electron chi connectivity index (χ1n) is 6.35. The zero-order valence-electron chi connectivity index (χ0n) is 11.6. The summed E-state index contributed by atoms with van der Waals surface area (Å²) in [4.78, 5) is 14.6. The number of aromatic nitrogens is 1. The molecule has 0 bridgehead atoms. The second-order valence-electron chi connectivity index (χ2n) is 4.75. The van der Waals surface area contributed by atoms with Crippen molar-refractivity contribution in [2.75, 3.05) is 7.11 Å². The molecule has 102 valence electrons. The van der Waals surface area contributed by atoms with Crippen LogP contribution in [0.2, 0.25) is 0 Å². The van der Waals surface area contributed by atoms with Gasteiger partial charge in [0.1, 0.15) is 5.75 Å². The first-order chi connectivity index (χ1) is 9.61. The highest BCUT2D eigenvalue weighted by molar-refractivity contribution is 7.14. The third-order valence-corrected chi connectivity index (χ3v) is 4.40.